The first-order valence-electron chi connectivity index (χ1n) is 6.03. The molecule has 92 valence electrons. The predicted molar refractivity (Wildman–Crippen MR) is 71.8 cm³/mol. The Hall–Kier alpha value is -1.68. The summed E-state index contributed by atoms with van der Waals surface area (Å²) in [6, 6.07) is 14.1. The van der Waals surface area contributed by atoms with E-state index in [2.05, 4.69) is 18.4 Å². The van der Waals surface area contributed by atoms with E-state index in [1.165, 1.54) is 5.56 Å². The Labute approximate surface area is 106 Å². The first-order valence-corrected chi connectivity index (χ1v) is 6.03. The third-order valence-corrected chi connectivity index (χ3v) is 3.64. The van der Waals surface area contributed by atoms with E-state index >= 15 is 0 Å². The molecule has 3 rings (SSSR count). The van der Waals surface area contributed by atoms with Crippen LogP contribution in [0.5, 0.6) is 0 Å². The van der Waals surface area contributed by atoms with Gasteiger partial charge in [0, 0.05) is 6.54 Å². The molecule has 1 aliphatic rings. The minimum Gasteiger partial charge on any atom is -0.379 e. The monoisotopic (exact) mass is 240 g/mol. The molecule has 0 spiro atoms. The zero-order valence-electron chi connectivity index (χ0n) is 10.3. The second-order valence-corrected chi connectivity index (χ2v) is 4.84. The third kappa shape index (κ3) is 1.42. The summed E-state index contributed by atoms with van der Waals surface area (Å²) in [5.41, 5.74) is 6.79. The number of nitrogens with two attached hydrogens (primary N) is 1. The Bertz CT molecular complexity index is 609. The van der Waals surface area contributed by atoms with E-state index in [1.54, 1.807) is 0 Å². The summed E-state index contributed by atoms with van der Waals surface area (Å²) < 4.78 is 0. The van der Waals surface area contributed by atoms with Crippen LogP contribution in [0.3, 0.4) is 0 Å². The minimum atomic E-state index is -1.03. The first kappa shape index (κ1) is 11.4. The molecular formula is C15H16N2O. The number of benzene rings is 2. The van der Waals surface area contributed by atoms with Gasteiger partial charge in [-0.3, -0.25) is 11.3 Å². The summed E-state index contributed by atoms with van der Waals surface area (Å²) in [4.78, 5) is 0. The van der Waals surface area contributed by atoms with Crippen LogP contribution in [0, 0.1) is 6.92 Å². The summed E-state index contributed by atoms with van der Waals surface area (Å²) in [5.74, 6) is 5.43. The molecule has 2 aromatic carbocycles. The van der Waals surface area contributed by atoms with Crippen molar-refractivity contribution in [3.8, 4) is 11.1 Å². The molecule has 4 N–H and O–H groups in total. The summed E-state index contributed by atoms with van der Waals surface area (Å²) in [7, 11) is 0. The summed E-state index contributed by atoms with van der Waals surface area (Å²) in [5, 5.41) is 10.9. The van der Waals surface area contributed by atoms with E-state index in [4.69, 9.17) is 5.84 Å². The van der Waals surface area contributed by atoms with Gasteiger partial charge in [-0.05, 0) is 29.2 Å². The van der Waals surface area contributed by atoms with Crippen molar-refractivity contribution in [1.82, 2.24) is 5.43 Å². The lowest BCUT2D eigenvalue weighted by atomic mass is 9.91. The molecule has 2 aromatic rings. The Balaban J connectivity index is 2.31. The maximum absolute atomic E-state index is 10.9. The smallest absolute Gasteiger partial charge is 0.130 e. The normalized spacial score (nSPS) is 20.6. The summed E-state index contributed by atoms with van der Waals surface area (Å²) in [6.45, 7) is 2.36. The molecule has 3 nitrogen and oxygen atoms in total. The van der Waals surface area contributed by atoms with Crippen LogP contribution in [0.2, 0.25) is 0 Å². The van der Waals surface area contributed by atoms with E-state index in [1.807, 2.05) is 36.4 Å². The van der Waals surface area contributed by atoms with Gasteiger partial charge in [0.25, 0.3) is 0 Å². The van der Waals surface area contributed by atoms with E-state index < -0.39 is 5.60 Å². The van der Waals surface area contributed by atoms with E-state index in [0.29, 0.717) is 6.54 Å². The number of fused-ring (bicyclic) bond motifs is 3. The number of aliphatic hydroxyl groups is 1. The Morgan fingerprint density at radius 2 is 1.83 bits per heavy atom. The summed E-state index contributed by atoms with van der Waals surface area (Å²) >= 11 is 0. The maximum atomic E-state index is 10.9. The number of rotatable bonds is 2. The van der Waals surface area contributed by atoms with Gasteiger partial charge in [0.05, 0.1) is 0 Å². The topological polar surface area (TPSA) is 58.3 Å². The number of nitrogens with one attached hydrogen (secondary N) is 1. The van der Waals surface area contributed by atoms with Gasteiger partial charge in [0.1, 0.15) is 5.60 Å². The molecule has 0 unspecified atom stereocenters. The van der Waals surface area contributed by atoms with Gasteiger partial charge >= 0.3 is 0 Å². The van der Waals surface area contributed by atoms with Crippen LogP contribution in [0.15, 0.2) is 42.5 Å². The highest BCUT2D eigenvalue weighted by Gasteiger charge is 2.40. The van der Waals surface area contributed by atoms with Crippen molar-refractivity contribution in [3.05, 3.63) is 59.2 Å². The lowest BCUT2D eigenvalue weighted by Gasteiger charge is -2.25. The lowest BCUT2D eigenvalue weighted by molar-refractivity contribution is 0.0850. The quantitative estimate of drug-likeness (QED) is 0.553. The average Bonchev–Trinajstić information content (AvgIpc) is 2.61. The molecule has 0 amide bonds. The van der Waals surface area contributed by atoms with Gasteiger partial charge in [0.2, 0.25) is 0 Å². The van der Waals surface area contributed by atoms with Gasteiger partial charge in [-0.15, -0.1) is 0 Å². The van der Waals surface area contributed by atoms with Crippen molar-refractivity contribution in [1.29, 1.82) is 0 Å². The molecule has 18 heavy (non-hydrogen) atoms. The second kappa shape index (κ2) is 3.92. The van der Waals surface area contributed by atoms with E-state index in [0.717, 1.165) is 22.3 Å². The highest BCUT2D eigenvalue weighted by Crippen LogP contribution is 2.47. The van der Waals surface area contributed by atoms with Crippen molar-refractivity contribution in [2.45, 2.75) is 12.5 Å². The zero-order chi connectivity index (χ0) is 12.8. The van der Waals surface area contributed by atoms with Gasteiger partial charge in [0.15, 0.2) is 0 Å². The second-order valence-electron chi connectivity index (χ2n) is 4.84. The van der Waals surface area contributed by atoms with Crippen molar-refractivity contribution in [3.63, 3.8) is 0 Å². The number of hydrogen-bond donors (Lipinski definition) is 3. The van der Waals surface area contributed by atoms with E-state index in [-0.39, 0.29) is 0 Å². The SMILES string of the molecule is Cc1ccc2c(c1)-c1ccccc1[C@]2(O)CNN. The number of hydrazine groups is 1. The van der Waals surface area contributed by atoms with Gasteiger partial charge in [-0.25, -0.2) is 0 Å². The van der Waals surface area contributed by atoms with Gasteiger partial charge in [-0.1, -0.05) is 48.0 Å². The Morgan fingerprint density at radius 1 is 1.11 bits per heavy atom. The van der Waals surface area contributed by atoms with Crippen LogP contribution >= 0.6 is 0 Å². The molecule has 3 heteroatoms. The molecule has 0 bridgehead atoms. The number of aryl methyl sites for hydroxylation is 1. The third-order valence-electron chi connectivity index (χ3n) is 3.64. The van der Waals surface area contributed by atoms with E-state index in [9.17, 15) is 5.11 Å². The van der Waals surface area contributed by atoms with Gasteiger partial charge in [-0.2, -0.15) is 0 Å². The molecule has 1 aliphatic carbocycles. The molecule has 0 radical (unpaired) electrons. The fourth-order valence-electron chi connectivity index (χ4n) is 2.80. The Morgan fingerprint density at radius 3 is 2.61 bits per heavy atom. The van der Waals surface area contributed by atoms with Crippen LogP contribution in [-0.4, -0.2) is 11.7 Å². The fraction of sp³-hybridized carbons (Fsp3) is 0.200. The highest BCUT2D eigenvalue weighted by atomic mass is 16.3. The van der Waals surface area contributed by atoms with Crippen LogP contribution in [-0.2, 0) is 5.60 Å². The molecule has 0 fully saturated rings. The van der Waals surface area contributed by atoms with Crippen molar-refractivity contribution in [2.75, 3.05) is 6.54 Å². The van der Waals surface area contributed by atoms with Crippen LogP contribution in [0.1, 0.15) is 16.7 Å². The highest BCUT2D eigenvalue weighted by molar-refractivity contribution is 5.80. The van der Waals surface area contributed by atoms with Gasteiger partial charge < -0.3 is 5.11 Å². The molecule has 0 aromatic heterocycles. The van der Waals surface area contributed by atoms with Crippen molar-refractivity contribution < 1.29 is 5.11 Å². The molecule has 0 aliphatic heterocycles. The summed E-state index contributed by atoms with van der Waals surface area (Å²) in [6.07, 6.45) is 0. The Kier molecular flexibility index (Phi) is 2.48. The predicted octanol–water partition coefficient (Wildman–Crippen LogP) is 1.67. The van der Waals surface area contributed by atoms with Crippen LogP contribution in [0.4, 0.5) is 0 Å². The molecule has 1 atom stereocenters. The van der Waals surface area contributed by atoms with Crippen LogP contribution < -0.4 is 11.3 Å². The largest absolute Gasteiger partial charge is 0.379 e. The van der Waals surface area contributed by atoms with Crippen LogP contribution in [0.25, 0.3) is 11.1 Å². The molecule has 0 saturated carbocycles. The zero-order valence-corrected chi connectivity index (χ0v) is 10.3. The molecule has 0 saturated heterocycles. The lowest BCUT2D eigenvalue weighted by Crippen LogP contribution is -2.40. The minimum absolute atomic E-state index is 0.306. The number of hydrogen-bond acceptors (Lipinski definition) is 3. The van der Waals surface area contributed by atoms with Crippen molar-refractivity contribution >= 4 is 0 Å². The average molecular weight is 240 g/mol. The standard InChI is InChI=1S/C15H16N2O/c1-10-6-7-14-12(8-10)11-4-2-3-5-13(11)15(14,18)9-17-16/h2-8,17-18H,9,16H2,1H3/t15-/m1/s1. The van der Waals surface area contributed by atoms with Crippen molar-refractivity contribution in [2.24, 2.45) is 5.84 Å². The first-order chi connectivity index (χ1) is 8.66. The fourth-order valence-corrected chi connectivity index (χ4v) is 2.80. The molecular weight excluding hydrogens is 224 g/mol. The maximum Gasteiger partial charge on any atom is 0.130 e. The molecule has 0 heterocycles.